The number of nitrogens with one attached hydrogen (secondary N) is 2. The van der Waals surface area contributed by atoms with Gasteiger partial charge in [-0.2, -0.15) is 0 Å². The first-order chi connectivity index (χ1) is 14.0. The number of carbonyl (C=O) groups excluding carboxylic acids is 1. The molecule has 156 valence electrons. The zero-order chi connectivity index (χ0) is 20.6. The standard InChI is InChI=1S/C23H31N3O3/c1-26(2)22(17-7-6-10-21(15-17)28-3)16-24-23(27)25-18-11-13-20(14-12-18)29-19-8-4-5-9-19/h6-7,10-15,19,22H,4-5,8-9,16H2,1-3H3,(H2,24,25,27). The molecule has 0 aliphatic heterocycles. The summed E-state index contributed by atoms with van der Waals surface area (Å²) in [6.07, 6.45) is 5.07. The number of ether oxygens (including phenoxy) is 2. The monoisotopic (exact) mass is 397 g/mol. The van der Waals surface area contributed by atoms with E-state index in [0.717, 1.165) is 35.6 Å². The van der Waals surface area contributed by atoms with E-state index in [1.54, 1.807) is 7.11 Å². The number of likely N-dealkylation sites (N-methyl/N-ethyl adjacent to an activating group) is 1. The summed E-state index contributed by atoms with van der Waals surface area (Å²) in [7, 11) is 5.64. The molecule has 3 rings (SSSR count). The molecule has 2 aromatic carbocycles. The van der Waals surface area contributed by atoms with E-state index in [4.69, 9.17) is 9.47 Å². The molecule has 2 amide bonds. The van der Waals surface area contributed by atoms with Crippen molar-refractivity contribution in [3.63, 3.8) is 0 Å². The van der Waals surface area contributed by atoms with Gasteiger partial charge in [-0.1, -0.05) is 12.1 Å². The second-order valence-corrected chi connectivity index (χ2v) is 7.64. The van der Waals surface area contributed by atoms with Gasteiger partial charge in [0, 0.05) is 12.2 Å². The second-order valence-electron chi connectivity index (χ2n) is 7.64. The van der Waals surface area contributed by atoms with Crippen LogP contribution >= 0.6 is 0 Å². The van der Waals surface area contributed by atoms with Crippen LogP contribution in [0.5, 0.6) is 11.5 Å². The molecule has 0 spiro atoms. The number of urea groups is 1. The first-order valence-electron chi connectivity index (χ1n) is 10.2. The Morgan fingerprint density at radius 3 is 2.48 bits per heavy atom. The van der Waals surface area contributed by atoms with Crippen molar-refractivity contribution < 1.29 is 14.3 Å². The van der Waals surface area contributed by atoms with Gasteiger partial charge in [0.1, 0.15) is 11.5 Å². The molecule has 6 heteroatoms. The van der Waals surface area contributed by atoms with Crippen molar-refractivity contribution >= 4 is 11.7 Å². The van der Waals surface area contributed by atoms with E-state index >= 15 is 0 Å². The number of methoxy groups -OCH3 is 1. The Labute approximate surface area is 173 Å². The Balaban J connectivity index is 1.52. The van der Waals surface area contributed by atoms with E-state index < -0.39 is 0 Å². The van der Waals surface area contributed by atoms with Crippen molar-refractivity contribution in [1.82, 2.24) is 10.2 Å². The van der Waals surface area contributed by atoms with Crippen LogP contribution in [0.25, 0.3) is 0 Å². The van der Waals surface area contributed by atoms with Gasteiger partial charge in [0.05, 0.1) is 19.3 Å². The maximum atomic E-state index is 12.4. The average molecular weight is 398 g/mol. The molecule has 2 aromatic rings. The van der Waals surface area contributed by atoms with Crippen molar-refractivity contribution in [1.29, 1.82) is 0 Å². The SMILES string of the molecule is COc1cccc(C(CNC(=O)Nc2ccc(OC3CCCC3)cc2)N(C)C)c1. The van der Waals surface area contributed by atoms with Gasteiger partial charge in [0.25, 0.3) is 0 Å². The number of nitrogens with zero attached hydrogens (tertiary/aromatic N) is 1. The fraction of sp³-hybridized carbons (Fsp3) is 0.435. The summed E-state index contributed by atoms with van der Waals surface area (Å²) in [5.41, 5.74) is 1.83. The molecule has 1 aliphatic rings. The Hall–Kier alpha value is -2.73. The van der Waals surface area contributed by atoms with Gasteiger partial charge in [-0.25, -0.2) is 4.79 Å². The van der Waals surface area contributed by atoms with Crippen molar-refractivity contribution in [2.45, 2.75) is 37.8 Å². The molecule has 1 atom stereocenters. The van der Waals surface area contributed by atoms with Crippen LogP contribution in [0, 0.1) is 0 Å². The zero-order valence-electron chi connectivity index (χ0n) is 17.5. The molecule has 1 fully saturated rings. The first kappa shape index (κ1) is 21.0. The summed E-state index contributed by atoms with van der Waals surface area (Å²) >= 11 is 0. The molecule has 0 bridgehead atoms. The summed E-state index contributed by atoms with van der Waals surface area (Å²) in [6, 6.07) is 15.3. The number of hydrogen-bond acceptors (Lipinski definition) is 4. The van der Waals surface area contributed by atoms with Crippen LogP contribution in [0.2, 0.25) is 0 Å². The minimum Gasteiger partial charge on any atom is -0.497 e. The number of hydrogen-bond donors (Lipinski definition) is 2. The lowest BCUT2D eigenvalue weighted by molar-refractivity contribution is 0.210. The van der Waals surface area contributed by atoms with Gasteiger partial charge in [-0.3, -0.25) is 0 Å². The molecule has 1 unspecified atom stereocenters. The molecule has 0 saturated heterocycles. The lowest BCUT2D eigenvalue weighted by Crippen LogP contribution is -2.36. The normalized spacial score (nSPS) is 15.2. The van der Waals surface area contributed by atoms with Gasteiger partial charge in [-0.15, -0.1) is 0 Å². The Morgan fingerprint density at radius 1 is 1.10 bits per heavy atom. The molecule has 0 aromatic heterocycles. The van der Waals surface area contributed by atoms with Crippen LogP contribution in [0.15, 0.2) is 48.5 Å². The third-order valence-electron chi connectivity index (χ3n) is 5.28. The zero-order valence-corrected chi connectivity index (χ0v) is 17.5. The number of benzene rings is 2. The van der Waals surface area contributed by atoms with Crippen molar-refractivity contribution in [2.24, 2.45) is 0 Å². The van der Waals surface area contributed by atoms with Gasteiger partial charge in [-0.05, 0) is 81.7 Å². The molecular weight excluding hydrogens is 366 g/mol. The van der Waals surface area contributed by atoms with Crippen LogP contribution in [0.3, 0.4) is 0 Å². The molecule has 1 aliphatic carbocycles. The second kappa shape index (κ2) is 10.2. The average Bonchev–Trinajstić information content (AvgIpc) is 3.22. The maximum Gasteiger partial charge on any atom is 0.319 e. The third kappa shape index (κ3) is 6.12. The molecule has 0 heterocycles. The maximum absolute atomic E-state index is 12.4. The minimum atomic E-state index is -0.232. The minimum absolute atomic E-state index is 0.0398. The van der Waals surface area contributed by atoms with E-state index in [-0.39, 0.29) is 12.1 Å². The van der Waals surface area contributed by atoms with E-state index in [0.29, 0.717) is 12.6 Å². The fourth-order valence-electron chi connectivity index (χ4n) is 3.63. The highest BCUT2D eigenvalue weighted by atomic mass is 16.5. The van der Waals surface area contributed by atoms with E-state index in [1.807, 2.05) is 62.6 Å². The Kier molecular flexibility index (Phi) is 7.36. The van der Waals surface area contributed by atoms with Gasteiger partial charge in [0.2, 0.25) is 0 Å². The highest BCUT2D eigenvalue weighted by molar-refractivity contribution is 5.89. The molecule has 29 heavy (non-hydrogen) atoms. The van der Waals surface area contributed by atoms with Crippen LogP contribution in [-0.2, 0) is 0 Å². The highest BCUT2D eigenvalue weighted by Gasteiger charge is 2.17. The van der Waals surface area contributed by atoms with Crippen LogP contribution < -0.4 is 20.1 Å². The molecule has 0 radical (unpaired) electrons. The summed E-state index contributed by atoms with van der Waals surface area (Å²) in [5, 5.41) is 5.84. The molecule has 2 N–H and O–H groups in total. The summed E-state index contributed by atoms with van der Waals surface area (Å²) in [5.74, 6) is 1.66. The summed E-state index contributed by atoms with van der Waals surface area (Å²) in [4.78, 5) is 14.4. The van der Waals surface area contributed by atoms with Gasteiger partial charge >= 0.3 is 6.03 Å². The molecular formula is C23H31N3O3. The first-order valence-corrected chi connectivity index (χ1v) is 10.2. The number of carbonyl (C=O) groups is 1. The Bertz CT molecular complexity index is 786. The van der Waals surface area contributed by atoms with E-state index in [1.165, 1.54) is 12.8 Å². The van der Waals surface area contributed by atoms with Crippen LogP contribution in [0.4, 0.5) is 10.5 Å². The van der Waals surface area contributed by atoms with Crippen molar-refractivity contribution in [2.75, 3.05) is 33.1 Å². The number of anilines is 1. The lowest BCUT2D eigenvalue weighted by Gasteiger charge is -2.25. The predicted octanol–water partition coefficient (Wildman–Crippen LogP) is 4.44. The van der Waals surface area contributed by atoms with Crippen molar-refractivity contribution in [3.8, 4) is 11.5 Å². The van der Waals surface area contributed by atoms with Gasteiger partial charge < -0.3 is 25.0 Å². The van der Waals surface area contributed by atoms with Crippen molar-refractivity contribution in [3.05, 3.63) is 54.1 Å². The fourth-order valence-corrected chi connectivity index (χ4v) is 3.63. The molecule has 6 nitrogen and oxygen atoms in total. The lowest BCUT2D eigenvalue weighted by atomic mass is 10.1. The largest absolute Gasteiger partial charge is 0.497 e. The number of rotatable bonds is 8. The summed E-state index contributed by atoms with van der Waals surface area (Å²) < 4.78 is 11.3. The van der Waals surface area contributed by atoms with E-state index in [2.05, 4.69) is 15.5 Å². The topological polar surface area (TPSA) is 62.8 Å². The third-order valence-corrected chi connectivity index (χ3v) is 5.28. The highest BCUT2D eigenvalue weighted by Crippen LogP contribution is 2.25. The molecule has 1 saturated carbocycles. The predicted molar refractivity (Wildman–Crippen MR) is 116 cm³/mol. The van der Waals surface area contributed by atoms with Crippen LogP contribution in [0.1, 0.15) is 37.3 Å². The van der Waals surface area contributed by atoms with E-state index in [9.17, 15) is 4.79 Å². The van der Waals surface area contributed by atoms with Crippen LogP contribution in [-0.4, -0.2) is 44.8 Å². The quantitative estimate of drug-likeness (QED) is 0.691. The number of amides is 2. The summed E-state index contributed by atoms with van der Waals surface area (Å²) in [6.45, 7) is 0.481. The Morgan fingerprint density at radius 2 is 1.83 bits per heavy atom. The van der Waals surface area contributed by atoms with Gasteiger partial charge in [0.15, 0.2) is 0 Å². The smallest absolute Gasteiger partial charge is 0.319 e.